The van der Waals surface area contributed by atoms with Crippen LogP contribution in [-0.4, -0.2) is 35.7 Å². The van der Waals surface area contributed by atoms with E-state index >= 15 is 0 Å². The number of carbonyl (C=O) groups excluding carboxylic acids is 2. The van der Waals surface area contributed by atoms with Crippen molar-refractivity contribution in [2.75, 3.05) is 18.6 Å². The van der Waals surface area contributed by atoms with E-state index in [0.29, 0.717) is 15.6 Å². The highest BCUT2D eigenvalue weighted by Gasteiger charge is 2.37. The molecule has 1 saturated heterocycles. The van der Waals surface area contributed by atoms with Gasteiger partial charge in [-0.15, -0.1) is 5.10 Å². The zero-order valence-electron chi connectivity index (χ0n) is 8.43. The second-order valence-corrected chi connectivity index (χ2v) is 4.97. The van der Waals surface area contributed by atoms with Crippen molar-refractivity contribution in [1.29, 1.82) is 0 Å². The number of H-pyrrole nitrogens is 1. The molecule has 0 bridgehead atoms. The molecule has 0 aliphatic carbocycles. The number of esters is 1. The Morgan fingerprint density at radius 3 is 3.06 bits per heavy atom. The summed E-state index contributed by atoms with van der Waals surface area (Å²) in [6.45, 7) is 0.307. The molecule has 1 aromatic heterocycles. The molecule has 86 valence electrons. The minimum absolute atomic E-state index is 0.131. The van der Waals surface area contributed by atoms with Crippen molar-refractivity contribution < 1.29 is 14.3 Å². The molecule has 0 aromatic carbocycles. The highest BCUT2D eigenvalue weighted by Crippen LogP contribution is 2.26. The number of aromatic amines is 1. The van der Waals surface area contributed by atoms with Crippen molar-refractivity contribution in [3.8, 4) is 0 Å². The third-order valence-corrected chi connectivity index (χ3v) is 3.43. The van der Waals surface area contributed by atoms with Crippen molar-refractivity contribution in [1.82, 2.24) is 10.2 Å². The second kappa shape index (κ2) is 4.30. The molecule has 16 heavy (non-hydrogen) atoms. The number of amides is 1. The minimum atomic E-state index is -0.407. The van der Waals surface area contributed by atoms with E-state index in [2.05, 4.69) is 14.9 Å². The SMILES string of the molecule is COC(=O)C1CC(=O)N(c2n[nH]c(=S)s2)C1. The van der Waals surface area contributed by atoms with Crippen LogP contribution in [0.1, 0.15) is 6.42 Å². The third-order valence-electron chi connectivity index (χ3n) is 2.32. The Labute approximate surface area is 100 Å². The molecule has 2 rings (SSSR count). The Kier molecular flexibility index (Phi) is 3.01. The van der Waals surface area contributed by atoms with Crippen LogP contribution in [0.4, 0.5) is 5.13 Å². The van der Waals surface area contributed by atoms with Gasteiger partial charge in [0.1, 0.15) is 0 Å². The standard InChI is InChI=1S/C8H9N3O3S2/c1-14-6(13)4-2-5(12)11(3-4)7-9-10-8(15)16-7/h4H,2-3H2,1H3,(H,10,15). The van der Waals surface area contributed by atoms with Crippen LogP contribution in [0.25, 0.3) is 0 Å². The molecule has 8 heteroatoms. The molecule has 1 unspecified atom stereocenters. The van der Waals surface area contributed by atoms with Gasteiger partial charge in [-0.2, -0.15) is 0 Å². The zero-order chi connectivity index (χ0) is 11.7. The van der Waals surface area contributed by atoms with Gasteiger partial charge in [0.15, 0.2) is 3.95 Å². The topological polar surface area (TPSA) is 75.3 Å². The highest BCUT2D eigenvalue weighted by molar-refractivity contribution is 7.73. The molecular weight excluding hydrogens is 250 g/mol. The highest BCUT2D eigenvalue weighted by atomic mass is 32.1. The van der Waals surface area contributed by atoms with Crippen LogP contribution in [0.2, 0.25) is 0 Å². The summed E-state index contributed by atoms with van der Waals surface area (Å²) in [6.07, 6.45) is 0.166. The first-order valence-corrected chi connectivity index (χ1v) is 5.78. The van der Waals surface area contributed by atoms with Gasteiger partial charge < -0.3 is 4.74 Å². The van der Waals surface area contributed by atoms with Gasteiger partial charge in [-0.25, -0.2) is 0 Å². The molecule has 1 aliphatic heterocycles. The smallest absolute Gasteiger partial charge is 0.311 e. The summed E-state index contributed by atoms with van der Waals surface area (Å²) < 4.78 is 5.11. The number of nitrogens with one attached hydrogen (secondary N) is 1. The van der Waals surface area contributed by atoms with Gasteiger partial charge in [0.25, 0.3) is 0 Å². The van der Waals surface area contributed by atoms with E-state index in [0.717, 1.165) is 0 Å². The van der Waals surface area contributed by atoms with Crippen molar-refractivity contribution in [3.63, 3.8) is 0 Å². The first kappa shape index (κ1) is 11.2. The molecular formula is C8H9N3O3S2. The average Bonchev–Trinajstić information content (AvgIpc) is 2.83. The minimum Gasteiger partial charge on any atom is -0.469 e. The maximum absolute atomic E-state index is 11.7. The number of anilines is 1. The monoisotopic (exact) mass is 259 g/mol. The van der Waals surface area contributed by atoms with Gasteiger partial charge in [-0.3, -0.25) is 19.6 Å². The molecule has 1 N–H and O–H groups in total. The number of methoxy groups -OCH3 is 1. The normalized spacial score (nSPS) is 20.2. The molecule has 2 heterocycles. The maximum Gasteiger partial charge on any atom is 0.311 e. The fourth-order valence-corrected chi connectivity index (χ4v) is 2.46. The van der Waals surface area contributed by atoms with Crippen molar-refractivity contribution in [2.24, 2.45) is 5.92 Å². The van der Waals surface area contributed by atoms with E-state index in [4.69, 9.17) is 12.2 Å². The van der Waals surface area contributed by atoms with E-state index in [1.165, 1.54) is 23.3 Å². The number of ether oxygens (including phenoxy) is 1. The van der Waals surface area contributed by atoms with Crippen LogP contribution in [0.3, 0.4) is 0 Å². The van der Waals surface area contributed by atoms with Gasteiger partial charge in [0, 0.05) is 13.0 Å². The molecule has 1 aromatic rings. The average molecular weight is 259 g/mol. The fourth-order valence-electron chi connectivity index (χ4n) is 1.55. The molecule has 1 amide bonds. The van der Waals surface area contributed by atoms with E-state index < -0.39 is 5.92 Å². The lowest BCUT2D eigenvalue weighted by Gasteiger charge is -2.10. The predicted molar refractivity (Wildman–Crippen MR) is 59.8 cm³/mol. The Hall–Kier alpha value is -1.28. The molecule has 6 nitrogen and oxygen atoms in total. The lowest BCUT2D eigenvalue weighted by molar-refractivity contribution is -0.145. The number of aromatic nitrogens is 2. The van der Waals surface area contributed by atoms with Crippen LogP contribution in [0, 0.1) is 9.87 Å². The predicted octanol–water partition coefficient (Wildman–Crippen LogP) is 0.727. The quantitative estimate of drug-likeness (QED) is 0.626. The number of hydrogen-bond donors (Lipinski definition) is 1. The van der Waals surface area contributed by atoms with Crippen LogP contribution in [-0.2, 0) is 14.3 Å². The zero-order valence-corrected chi connectivity index (χ0v) is 10.1. The molecule has 0 spiro atoms. The van der Waals surface area contributed by atoms with Crippen LogP contribution in [0.5, 0.6) is 0 Å². The van der Waals surface area contributed by atoms with Gasteiger partial charge in [0.05, 0.1) is 13.0 Å². The lowest BCUT2D eigenvalue weighted by atomic mass is 10.1. The van der Waals surface area contributed by atoms with Gasteiger partial charge in [-0.05, 0) is 12.2 Å². The first-order valence-electron chi connectivity index (χ1n) is 4.55. The molecule has 1 atom stereocenters. The van der Waals surface area contributed by atoms with E-state index in [-0.39, 0.29) is 18.3 Å². The Bertz CT molecular complexity index is 481. The molecule has 0 saturated carbocycles. The Balaban J connectivity index is 2.17. The summed E-state index contributed by atoms with van der Waals surface area (Å²) in [7, 11) is 1.31. The summed E-state index contributed by atoms with van der Waals surface area (Å²) in [5.41, 5.74) is 0. The number of nitrogens with zero attached hydrogens (tertiary/aromatic N) is 2. The van der Waals surface area contributed by atoms with Crippen molar-refractivity contribution in [2.45, 2.75) is 6.42 Å². The first-order chi connectivity index (χ1) is 7.61. The van der Waals surface area contributed by atoms with E-state index in [1.54, 1.807) is 0 Å². The summed E-state index contributed by atoms with van der Waals surface area (Å²) in [4.78, 5) is 24.4. The molecule has 1 fully saturated rings. The summed E-state index contributed by atoms with van der Waals surface area (Å²) in [5.74, 6) is -0.905. The summed E-state index contributed by atoms with van der Waals surface area (Å²) >= 11 is 6.09. The van der Waals surface area contributed by atoms with Crippen LogP contribution in [0.15, 0.2) is 0 Å². The summed E-state index contributed by atoms with van der Waals surface area (Å²) in [6, 6.07) is 0. The van der Waals surface area contributed by atoms with Gasteiger partial charge >= 0.3 is 5.97 Å². The number of carbonyl (C=O) groups is 2. The van der Waals surface area contributed by atoms with Crippen LogP contribution >= 0.6 is 23.6 Å². The molecule has 1 aliphatic rings. The summed E-state index contributed by atoms with van der Waals surface area (Å²) in [5, 5.41) is 7.01. The van der Waals surface area contributed by atoms with Gasteiger partial charge in [-0.1, -0.05) is 11.3 Å². The van der Waals surface area contributed by atoms with E-state index in [9.17, 15) is 9.59 Å². The molecule has 0 radical (unpaired) electrons. The van der Waals surface area contributed by atoms with E-state index in [1.807, 2.05) is 0 Å². The lowest BCUT2D eigenvalue weighted by Crippen LogP contribution is -2.26. The van der Waals surface area contributed by atoms with Gasteiger partial charge in [0.2, 0.25) is 11.0 Å². The van der Waals surface area contributed by atoms with Crippen LogP contribution < -0.4 is 4.90 Å². The third kappa shape index (κ3) is 1.98. The largest absolute Gasteiger partial charge is 0.469 e. The fraction of sp³-hybridized carbons (Fsp3) is 0.500. The maximum atomic E-state index is 11.7. The number of rotatable bonds is 2. The van der Waals surface area contributed by atoms with Crippen molar-refractivity contribution >= 4 is 40.6 Å². The second-order valence-electron chi connectivity index (χ2n) is 3.32. The van der Waals surface area contributed by atoms with Crippen molar-refractivity contribution in [3.05, 3.63) is 3.95 Å². The Morgan fingerprint density at radius 2 is 2.50 bits per heavy atom. The number of hydrogen-bond acceptors (Lipinski definition) is 6. The Morgan fingerprint density at radius 1 is 1.75 bits per heavy atom.